The topological polar surface area (TPSA) is 40.5 Å². The molecule has 1 heterocycles. The maximum absolute atomic E-state index is 12.4. The van der Waals surface area contributed by atoms with Crippen LogP contribution in [-0.4, -0.2) is 35.1 Å². The zero-order valence-corrected chi connectivity index (χ0v) is 10.7. The Labute approximate surface area is 107 Å². The molecule has 1 aromatic carbocycles. The first-order valence-electron chi connectivity index (χ1n) is 6.71. The van der Waals surface area contributed by atoms with E-state index in [1.54, 1.807) is 0 Å². The van der Waals surface area contributed by atoms with Crippen molar-refractivity contribution < 1.29 is 9.90 Å². The van der Waals surface area contributed by atoms with Crippen LogP contribution in [0, 0.1) is 5.92 Å². The standard InChI is InChI=1S/C15H19NO2/c1-10-6-7-16(9-14(10)17)15(18)13-8-11-4-2-3-5-12(11)13/h2-5,10,13-14,17H,6-9H2,1H3. The van der Waals surface area contributed by atoms with Gasteiger partial charge in [0.15, 0.2) is 0 Å². The van der Waals surface area contributed by atoms with E-state index in [1.807, 2.05) is 30.0 Å². The minimum atomic E-state index is -0.363. The van der Waals surface area contributed by atoms with Gasteiger partial charge in [0.2, 0.25) is 5.91 Å². The fourth-order valence-electron chi connectivity index (χ4n) is 2.95. The second-order valence-corrected chi connectivity index (χ2v) is 5.57. The molecule has 0 aromatic heterocycles. The van der Waals surface area contributed by atoms with Gasteiger partial charge in [-0.05, 0) is 29.9 Å². The number of hydrogen-bond donors (Lipinski definition) is 1. The molecule has 0 radical (unpaired) electrons. The molecule has 0 bridgehead atoms. The van der Waals surface area contributed by atoms with E-state index in [9.17, 15) is 9.90 Å². The van der Waals surface area contributed by atoms with Crippen molar-refractivity contribution in [3.05, 3.63) is 35.4 Å². The average Bonchev–Trinajstić information content (AvgIpc) is 2.34. The number of likely N-dealkylation sites (tertiary alicyclic amines) is 1. The summed E-state index contributed by atoms with van der Waals surface area (Å²) in [5.74, 6) is 0.532. The van der Waals surface area contributed by atoms with Crippen LogP contribution >= 0.6 is 0 Å². The van der Waals surface area contributed by atoms with E-state index in [-0.39, 0.29) is 17.9 Å². The van der Waals surface area contributed by atoms with Gasteiger partial charge in [-0.25, -0.2) is 0 Å². The van der Waals surface area contributed by atoms with Gasteiger partial charge in [-0.1, -0.05) is 31.2 Å². The number of fused-ring (bicyclic) bond motifs is 1. The molecule has 96 valence electrons. The Morgan fingerprint density at radius 3 is 2.89 bits per heavy atom. The van der Waals surface area contributed by atoms with Gasteiger partial charge < -0.3 is 10.0 Å². The summed E-state index contributed by atoms with van der Waals surface area (Å²) in [6.45, 7) is 3.33. The first kappa shape index (κ1) is 11.7. The third-order valence-electron chi connectivity index (χ3n) is 4.38. The van der Waals surface area contributed by atoms with Crippen LogP contribution in [-0.2, 0) is 11.2 Å². The lowest BCUT2D eigenvalue weighted by atomic mass is 9.76. The Kier molecular flexibility index (Phi) is 2.86. The normalized spacial score (nSPS) is 30.6. The van der Waals surface area contributed by atoms with Crippen LogP contribution in [0.1, 0.15) is 30.4 Å². The number of piperidine rings is 1. The van der Waals surface area contributed by atoms with Crippen LogP contribution in [0.3, 0.4) is 0 Å². The molecular weight excluding hydrogens is 226 g/mol. The Bertz CT molecular complexity index is 471. The Morgan fingerprint density at radius 2 is 2.17 bits per heavy atom. The van der Waals surface area contributed by atoms with Crippen LogP contribution in [0.25, 0.3) is 0 Å². The molecule has 1 aromatic rings. The number of amides is 1. The zero-order valence-electron chi connectivity index (χ0n) is 10.7. The molecule has 1 saturated heterocycles. The summed E-state index contributed by atoms with van der Waals surface area (Å²) < 4.78 is 0. The minimum absolute atomic E-state index is 0.0295. The lowest BCUT2D eigenvalue weighted by Gasteiger charge is -2.39. The van der Waals surface area contributed by atoms with Crippen molar-refractivity contribution in [1.29, 1.82) is 0 Å². The van der Waals surface area contributed by atoms with Gasteiger partial charge in [-0.15, -0.1) is 0 Å². The number of hydrogen-bond acceptors (Lipinski definition) is 2. The highest BCUT2D eigenvalue weighted by atomic mass is 16.3. The van der Waals surface area contributed by atoms with Crippen LogP contribution in [0.15, 0.2) is 24.3 Å². The van der Waals surface area contributed by atoms with Gasteiger partial charge in [0.1, 0.15) is 0 Å². The second kappa shape index (κ2) is 4.39. The third-order valence-corrected chi connectivity index (χ3v) is 4.38. The number of nitrogens with zero attached hydrogens (tertiary/aromatic N) is 1. The van der Waals surface area contributed by atoms with Crippen LogP contribution in [0.5, 0.6) is 0 Å². The maximum atomic E-state index is 12.4. The van der Waals surface area contributed by atoms with E-state index in [0.717, 1.165) is 19.4 Å². The van der Waals surface area contributed by atoms with E-state index in [2.05, 4.69) is 6.07 Å². The van der Waals surface area contributed by atoms with E-state index in [0.29, 0.717) is 12.5 Å². The highest BCUT2D eigenvalue weighted by molar-refractivity contribution is 5.87. The van der Waals surface area contributed by atoms with Crippen molar-refractivity contribution in [3.8, 4) is 0 Å². The monoisotopic (exact) mass is 245 g/mol. The number of aliphatic hydroxyl groups excluding tert-OH is 1. The largest absolute Gasteiger partial charge is 0.391 e. The zero-order chi connectivity index (χ0) is 12.7. The molecule has 1 aliphatic carbocycles. The predicted molar refractivity (Wildman–Crippen MR) is 69.3 cm³/mol. The van der Waals surface area contributed by atoms with Crippen molar-refractivity contribution >= 4 is 5.91 Å². The van der Waals surface area contributed by atoms with Gasteiger partial charge in [-0.3, -0.25) is 4.79 Å². The SMILES string of the molecule is CC1CCN(C(=O)C2Cc3ccccc32)CC1O. The molecular formula is C15H19NO2. The van der Waals surface area contributed by atoms with Crippen molar-refractivity contribution in [2.75, 3.05) is 13.1 Å². The smallest absolute Gasteiger partial charge is 0.230 e. The van der Waals surface area contributed by atoms with Crippen molar-refractivity contribution in [3.63, 3.8) is 0 Å². The molecule has 0 saturated carbocycles. The average molecular weight is 245 g/mol. The van der Waals surface area contributed by atoms with Crippen molar-refractivity contribution in [2.45, 2.75) is 31.8 Å². The molecule has 18 heavy (non-hydrogen) atoms. The molecule has 1 amide bonds. The number of aliphatic hydroxyl groups is 1. The van der Waals surface area contributed by atoms with Gasteiger partial charge in [0, 0.05) is 13.1 Å². The van der Waals surface area contributed by atoms with Gasteiger partial charge in [0.05, 0.1) is 12.0 Å². The molecule has 3 heteroatoms. The Hall–Kier alpha value is -1.35. The van der Waals surface area contributed by atoms with Gasteiger partial charge in [0.25, 0.3) is 0 Å². The molecule has 0 spiro atoms. The number of carbonyl (C=O) groups excluding carboxylic acids is 1. The highest BCUT2D eigenvalue weighted by Crippen LogP contribution is 2.36. The van der Waals surface area contributed by atoms with Gasteiger partial charge >= 0.3 is 0 Å². The van der Waals surface area contributed by atoms with Crippen LogP contribution in [0.2, 0.25) is 0 Å². The first-order chi connectivity index (χ1) is 8.66. The van der Waals surface area contributed by atoms with E-state index < -0.39 is 0 Å². The molecule has 3 unspecified atom stereocenters. The molecule has 3 rings (SSSR count). The molecule has 1 N–H and O–H groups in total. The molecule has 1 fully saturated rings. The second-order valence-electron chi connectivity index (χ2n) is 5.57. The van der Waals surface area contributed by atoms with E-state index >= 15 is 0 Å². The number of carbonyl (C=O) groups is 1. The number of benzene rings is 1. The molecule has 3 nitrogen and oxygen atoms in total. The van der Waals surface area contributed by atoms with Crippen LogP contribution in [0.4, 0.5) is 0 Å². The van der Waals surface area contributed by atoms with Gasteiger partial charge in [-0.2, -0.15) is 0 Å². The fraction of sp³-hybridized carbons (Fsp3) is 0.533. The summed E-state index contributed by atoms with van der Waals surface area (Å²) in [4.78, 5) is 14.2. The minimum Gasteiger partial charge on any atom is -0.391 e. The Balaban J connectivity index is 1.70. The first-order valence-corrected chi connectivity index (χ1v) is 6.71. The summed E-state index contributed by atoms with van der Waals surface area (Å²) in [5.41, 5.74) is 2.47. The highest BCUT2D eigenvalue weighted by Gasteiger charge is 2.37. The summed E-state index contributed by atoms with van der Waals surface area (Å²) >= 11 is 0. The summed E-state index contributed by atoms with van der Waals surface area (Å²) in [6.07, 6.45) is 1.40. The van der Waals surface area contributed by atoms with E-state index in [1.165, 1.54) is 11.1 Å². The lowest BCUT2D eigenvalue weighted by Crippen LogP contribution is -2.48. The third kappa shape index (κ3) is 1.83. The fourth-order valence-corrected chi connectivity index (χ4v) is 2.95. The number of rotatable bonds is 1. The van der Waals surface area contributed by atoms with Crippen molar-refractivity contribution in [1.82, 2.24) is 4.90 Å². The number of β-amino-alcohol motifs (C(OH)–C–C–N with tert-alkyl or cyclic N) is 1. The predicted octanol–water partition coefficient (Wildman–Crippen LogP) is 1.56. The quantitative estimate of drug-likeness (QED) is 0.815. The van der Waals surface area contributed by atoms with E-state index in [4.69, 9.17) is 0 Å². The van der Waals surface area contributed by atoms with Crippen LogP contribution < -0.4 is 0 Å². The molecule has 1 aliphatic heterocycles. The molecule has 2 aliphatic rings. The lowest BCUT2D eigenvalue weighted by molar-refractivity contribution is -0.137. The summed E-state index contributed by atoms with van der Waals surface area (Å²) in [6, 6.07) is 8.15. The van der Waals surface area contributed by atoms with Crippen molar-refractivity contribution in [2.24, 2.45) is 5.92 Å². The summed E-state index contributed by atoms with van der Waals surface area (Å²) in [7, 11) is 0. The molecule has 3 atom stereocenters. The maximum Gasteiger partial charge on any atom is 0.230 e. The Morgan fingerprint density at radius 1 is 1.39 bits per heavy atom. The summed E-state index contributed by atoms with van der Waals surface area (Å²) in [5, 5.41) is 9.87.